The summed E-state index contributed by atoms with van der Waals surface area (Å²) in [4.78, 5) is 0. The lowest BCUT2D eigenvalue weighted by atomic mass is 10.2. The number of thioether (sulfide) groups is 1. The Morgan fingerprint density at radius 1 is 1.21 bits per heavy atom. The van der Waals surface area contributed by atoms with E-state index in [1.165, 1.54) is 11.8 Å². The van der Waals surface area contributed by atoms with Crippen LogP contribution in [0.2, 0.25) is 0 Å². The first-order chi connectivity index (χ1) is 6.48. The number of hydrogen-bond acceptors (Lipinski definition) is 2. The molecule has 0 radical (unpaired) electrons. The zero-order valence-corrected chi connectivity index (χ0v) is 9.13. The SMILES string of the molecule is CCCCCCSC[C@@H](O)C(F)(F)F. The Kier molecular flexibility index (Phi) is 7.45. The predicted molar refractivity (Wildman–Crippen MR) is 53.5 cm³/mol. The molecule has 0 aliphatic rings. The first-order valence-corrected chi connectivity index (χ1v) is 5.96. The van der Waals surface area contributed by atoms with Crippen molar-refractivity contribution in [2.24, 2.45) is 0 Å². The van der Waals surface area contributed by atoms with Gasteiger partial charge in [0, 0.05) is 5.75 Å². The number of halogens is 3. The first-order valence-electron chi connectivity index (χ1n) is 4.81. The number of rotatable bonds is 7. The Bertz CT molecular complexity index is 139. The van der Waals surface area contributed by atoms with Gasteiger partial charge in [0.1, 0.15) is 0 Å². The maximum atomic E-state index is 11.8. The molecule has 86 valence electrons. The monoisotopic (exact) mass is 230 g/mol. The molecule has 0 aromatic carbocycles. The smallest absolute Gasteiger partial charge is 0.383 e. The zero-order valence-electron chi connectivity index (χ0n) is 8.31. The summed E-state index contributed by atoms with van der Waals surface area (Å²) in [5.41, 5.74) is 0. The van der Waals surface area contributed by atoms with Gasteiger partial charge in [0.05, 0.1) is 0 Å². The Morgan fingerprint density at radius 3 is 2.36 bits per heavy atom. The number of aliphatic hydroxyl groups excluding tert-OH is 1. The van der Waals surface area contributed by atoms with Gasteiger partial charge in [-0.25, -0.2) is 0 Å². The molecule has 0 rings (SSSR count). The molecule has 1 N–H and O–H groups in total. The largest absolute Gasteiger partial charge is 0.415 e. The summed E-state index contributed by atoms with van der Waals surface area (Å²) in [5.74, 6) is 0.461. The normalized spacial score (nSPS) is 14.4. The number of hydrogen-bond donors (Lipinski definition) is 1. The fraction of sp³-hybridized carbons (Fsp3) is 1.00. The van der Waals surface area contributed by atoms with Crippen LogP contribution in [-0.4, -0.2) is 28.9 Å². The van der Waals surface area contributed by atoms with Crippen LogP contribution in [0.1, 0.15) is 32.6 Å². The first kappa shape index (κ1) is 14.1. The van der Waals surface area contributed by atoms with Crippen molar-refractivity contribution < 1.29 is 18.3 Å². The molecule has 1 nitrogen and oxygen atoms in total. The molecule has 0 aliphatic carbocycles. The number of alkyl halides is 3. The van der Waals surface area contributed by atoms with Gasteiger partial charge in [0.2, 0.25) is 0 Å². The summed E-state index contributed by atoms with van der Waals surface area (Å²) < 4.78 is 35.4. The van der Waals surface area contributed by atoms with Crippen LogP contribution in [0.5, 0.6) is 0 Å². The summed E-state index contributed by atoms with van der Waals surface area (Å²) in [6, 6.07) is 0. The van der Waals surface area contributed by atoms with E-state index in [9.17, 15) is 13.2 Å². The van der Waals surface area contributed by atoms with Gasteiger partial charge in [-0.05, 0) is 12.2 Å². The van der Waals surface area contributed by atoms with E-state index in [0.717, 1.165) is 25.7 Å². The van der Waals surface area contributed by atoms with Crippen molar-refractivity contribution in [1.29, 1.82) is 0 Å². The molecule has 0 aromatic rings. The Morgan fingerprint density at radius 2 is 1.86 bits per heavy atom. The molecule has 0 aliphatic heterocycles. The lowest BCUT2D eigenvalue weighted by molar-refractivity contribution is -0.195. The minimum absolute atomic E-state index is 0.240. The van der Waals surface area contributed by atoms with E-state index in [2.05, 4.69) is 6.92 Å². The molecule has 0 heterocycles. The van der Waals surface area contributed by atoms with Gasteiger partial charge in [0.25, 0.3) is 0 Å². The van der Waals surface area contributed by atoms with Crippen LogP contribution in [0.3, 0.4) is 0 Å². The third-order valence-electron chi connectivity index (χ3n) is 1.80. The quantitative estimate of drug-likeness (QED) is 0.678. The molecule has 0 unspecified atom stereocenters. The fourth-order valence-electron chi connectivity index (χ4n) is 0.920. The van der Waals surface area contributed by atoms with Crippen LogP contribution in [0.4, 0.5) is 13.2 Å². The molecule has 1 atom stereocenters. The van der Waals surface area contributed by atoms with Crippen LogP contribution < -0.4 is 0 Å². The lowest BCUT2D eigenvalue weighted by Gasteiger charge is -2.13. The van der Waals surface area contributed by atoms with Crippen molar-refractivity contribution in [2.75, 3.05) is 11.5 Å². The van der Waals surface area contributed by atoms with Gasteiger partial charge in [-0.15, -0.1) is 0 Å². The molecule has 0 fully saturated rings. The van der Waals surface area contributed by atoms with E-state index >= 15 is 0 Å². The Labute approximate surface area is 87.1 Å². The van der Waals surface area contributed by atoms with Gasteiger partial charge < -0.3 is 5.11 Å². The molecule has 0 amide bonds. The summed E-state index contributed by atoms with van der Waals surface area (Å²) >= 11 is 1.17. The minimum atomic E-state index is -4.46. The average Bonchev–Trinajstić information content (AvgIpc) is 2.09. The highest BCUT2D eigenvalue weighted by molar-refractivity contribution is 7.99. The van der Waals surface area contributed by atoms with E-state index in [0.29, 0.717) is 5.75 Å². The van der Waals surface area contributed by atoms with Crippen molar-refractivity contribution in [3.05, 3.63) is 0 Å². The third kappa shape index (κ3) is 7.50. The van der Waals surface area contributed by atoms with Crippen molar-refractivity contribution in [3.63, 3.8) is 0 Å². The second-order valence-electron chi connectivity index (χ2n) is 3.19. The van der Waals surface area contributed by atoms with Crippen molar-refractivity contribution in [1.82, 2.24) is 0 Å². The van der Waals surface area contributed by atoms with E-state index in [-0.39, 0.29) is 5.75 Å². The van der Waals surface area contributed by atoms with Gasteiger partial charge in [0.15, 0.2) is 6.10 Å². The maximum Gasteiger partial charge on any atom is 0.415 e. The zero-order chi connectivity index (χ0) is 11.0. The van der Waals surface area contributed by atoms with Gasteiger partial charge in [-0.1, -0.05) is 26.2 Å². The van der Waals surface area contributed by atoms with Crippen LogP contribution in [-0.2, 0) is 0 Å². The second-order valence-corrected chi connectivity index (χ2v) is 4.34. The summed E-state index contributed by atoms with van der Waals surface area (Å²) in [6.07, 6.45) is -2.39. The number of aliphatic hydroxyl groups is 1. The van der Waals surface area contributed by atoms with Crippen molar-refractivity contribution in [3.8, 4) is 0 Å². The lowest BCUT2D eigenvalue weighted by Crippen LogP contribution is -2.30. The molecule has 5 heteroatoms. The topological polar surface area (TPSA) is 20.2 Å². The van der Waals surface area contributed by atoms with E-state index < -0.39 is 12.3 Å². The highest BCUT2D eigenvalue weighted by Crippen LogP contribution is 2.23. The van der Waals surface area contributed by atoms with Crippen LogP contribution in [0.15, 0.2) is 0 Å². The maximum absolute atomic E-state index is 11.8. The van der Waals surface area contributed by atoms with Gasteiger partial charge in [-0.2, -0.15) is 24.9 Å². The molecule has 14 heavy (non-hydrogen) atoms. The molecule has 0 spiro atoms. The molecule has 0 bridgehead atoms. The Hall–Kier alpha value is 0.100. The van der Waals surface area contributed by atoms with E-state index in [1.807, 2.05) is 0 Å². The van der Waals surface area contributed by atoms with Crippen LogP contribution in [0, 0.1) is 0 Å². The number of unbranched alkanes of at least 4 members (excludes halogenated alkanes) is 3. The van der Waals surface area contributed by atoms with Gasteiger partial charge >= 0.3 is 6.18 Å². The predicted octanol–water partition coefficient (Wildman–Crippen LogP) is 3.22. The van der Waals surface area contributed by atoms with Crippen molar-refractivity contribution in [2.45, 2.75) is 44.9 Å². The van der Waals surface area contributed by atoms with Crippen LogP contribution in [0.25, 0.3) is 0 Å². The molecular formula is C9H17F3OS. The highest BCUT2D eigenvalue weighted by atomic mass is 32.2. The van der Waals surface area contributed by atoms with E-state index in [4.69, 9.17) is 5.11 Å². The average molecular weight is 230 g/mol. The molecule has 0 aromatic heterocycles. The van der Waals surface area contributed by atoms with Crippen molar-refractivity contribution >= 4 is 11.8 Å². The molecule has 0 saturated heterocycles. The Balaban J connectivity index is 3.28. The van der Waals surface area contributed by atoms with Crippen LogP contribution >= 0.6 is 11.8 Å². The second kappa shape index (κ2) is 7.40. The summed E-state index contributed by atoms with van der Waals surface area (Å²) in [7, 11) is 0. The third-order valence-corrected chi connectivity index (χ3v) is 2.92. The molecule has 0 saturated carbocycles. The standard InChI is InChI=1S/C9H17F3OS/c1-2-3-4-5-6-14-7-8(13)9(10,11)12/h8,13H,2-7H2,1H3/t8-/m1/s1. The molecular weight excluding hydrogens is 213 g/mol. The highest BCUT2D eigenvalue weighted by Gasteiger charge is 2.37. The summed E-state index contributed by atoms with van der Waals surface area (Å²) in [5, 5.41) is 8.64. The van der Waals surface area contributed by atoms with Gasteiger partial charge in [-0.3, -0.25) is 0 Å². The van der Waals surface area contributed by atoms with E-state index in [1.54, 1.807) is 0 Å². The summed E-state index contributed by atoms with van der Waals surface area (Å²) in [6.45, 7) is 2.08. The fourth-order valence-corrected chi connectivity index (χ4v) is 1.91. The minimum Gasteiger partial charge on any atom is -0.383 e.